The van der Waals surface area contributed by atoms with E-state index in [4.69, 9.17) is 5.73 Å². The third kappa shape index (κ3) is 2.56. The number of nitrogen functional groups attached to an aromatic ring is 1. The number of benzene rings is 2. The highest BCUT2D eigenvalue weighted by molar-refractivity contribution is 6.00. The van der Waals surface area contributed by atoms with Gasteiger partial charge in [-0.15, -0.1) is 0 Å². The van der Waals surface area contributed by atoms with E-state index in [1.54, 1.807) is 0 Å². The normalized spacial score (nSPS) is 10.3. The van der Waals surface area contributed by atoms with E-state index < -0.39 is 11.8 Å². The molecule has 20 heavy (non-hydrogen) atoms. The molecule has 0 saturated carbocycles. The molecular formula is C15H15FN2O2. The zero-order valence-electron chi connectivity index (χ0n) is 11.2. The maximum atomic E-state index is 13.4. The minimum Gasteiger partial charge on any atom is -0.478 e. The van der Waals surface area contributed by atoms with Gasteiger partial charge in [0.2, 0.25) is 0 Å². The van der Waals surface area contributed by atoms with Crippen LogP contribution < -0.4 is 11.1 Å². The van der Waals surface area contributed by atoms with Crippen LogP contribution in [0, 0.1) is 19.7 Å². The lowest BCUT2D eigenvalue weighted by molar-refractivity contribution is 0.0698. The summed E-state index contributed by atoms with van der Waals surface area (Å²) in [5.41, 5.74) is 7.96. The minimum atomic E-state index is -1.27. The summed E-state index contributed by atoms with van der Waals surface area (Å²) in [4.78, 5) is 11.2. The number of carbonyl (C=O) groups is 1. The molecule has 0 saturated heterocycles. The quantitative estimate of drug-likeness (QED) is 0.749. The van der Waals surface area contributed by atoms with Crippen molar-refractivity contribution in [2.45, 2.75) is 13.8 Å². The molecule has 0 spiro atoms. The molecule has 0 aliphatic heterocycles. The van der Waals surface area contributed by atoms with Crippen molar-refractivity contribution in [2.24, 2.45) is 0 Å². The van der Waals surface area contributed by atoms with Crippen LogP contribution in [0.4, 0.5) is 21.5 Å². The van der Waals surface area contributed by atoms with E-state index in [9.17, 15) is 14.3 Å². The minimum absolute atomic E-state index is 0.259. The van der Waals surface area contributed by atoms with Gasteiger partial charge in [0, 0.05) is 5.69 Å². The van der Waals surface area contributed by atoms with Gasteiger partial charge in [-0.25, -0.2) is 9.18 Å². The number of hydrogen-bond acceptors (Lipinski definition) is 3. The Balaban J connectivity index is 2.48. The summed E-state index contributed by atoms with van der Waals surface area (Å²) in [5, 5.41) is 12.2. The van der Waals surface area contributed by atoms with Crippen LogP contribution in [0.3, 0.4) is 0 Å². The molecule has 2 rings (SSSR count). The third-order valence-electron chi connectivity index (χ3n) is 3.06. The molecule has 0 aliphatic carbocycles. The van der Waals surface area contributed by atoms with Gasteiger partial charge in [-0.2, -0.15) is 0 Å². The SMILES string of the molecule is Cc1ccc(Nc2ccc(F)c(N)c2C(=O)O)c(C)c1. The van der Waals surface area contributed by atoms with E-state index in [1.165, 1.54) is 6.07 Å². The second-order valence-corrected chi connectivity index (χ2v) is 4.63. The molecule has 2 aromatic rings. The Hall–Kier alpha value is -2.56. The van der Waals surface area contributed by atoms with E-state index in [1.807, 2.05) is 32.0 Å². The summed E-state index contributed by atoms with van der Waals surface area (Å²) >= 11 is 0. The van der Waals surface area contributed by atoms with Crippen LogP contribution in [0.15, 0.2) is 30.3 Å². The molecule has 0 amide bonds. The highest BCUT2D eigenvalue weighted by atomic mass is 19.1. The molecule has 4 N–H and O–H groups in total. The zero-order chi connectivity index (χ0) is 14.9. The Morgan fingerprint density at radius 1 is 1.20 bits per heavy atom. The van der Waals surface area contributed by atoms with Crippen molar-refractivity contribution < 1.29 is 14.3 Å². The van der Waals surface area contributed by atoms with Crippen molar-refractivity contribution in [2.75, 3.05) is 11.1 Å². The lowest BCUT2D eigenvalue weighted by Crippen LogP contribution is -2.09. The van der Waals surface area contributed by atoms with Crippen LogP contribution in [0.25, 0.3) is 0 Å². The number of carboxylic acids is 1. The highest BCUT2D eigenvalue weighted by Crippen LogP contribution is 2.29. The second-order valence-electron chi connectivity index (χ2n) is 4.63. The fourth-order valence-corrected chi connectivity index (χ4v) is 2.03. The molecule has 0 bridgehead atoms. The zero-order valence-corrected chi connectivity index (χ0v) is 11.2. The van der Waals surface area contributed by atoms with Gasteiger partial charge in [-0.05, 0) is 37.6 Å². The number of carboxylic acid groups (broad SMARTS) is 1. The number of aromatic carboxylic acids is 1. The van der Waals surface area contributed by atoms with Crippen LogP contribution in [-0.2, 0) is 0 Å². The Labute approximate surface area is 116 Å². The second kappa shape index (κ2) is 5.21. The molecule has 0 aromatic heterocycles. The van der Waals surface area contributed by atoms with Gasteiger partial charge in [-0.3, -0.25) is 0 Å². The number of rotatable bonds is 3. The van der Waals surface area contributed by atoms with E-state index in [2.05, 4.69) is 5.32 Å². The number of nitrogens with one attached hydrogen (secondary N) is 1. The van der Waals surface area contributed by atoms with Gasteiger partial charge in [0.05, 0.1) is 11.4 Å². The Morgan fingerprint density at radius 2 is 1.85 bits per heavy atom. The van der Waals surface area contributed by atoms with Gasteiger partial charge in [0.25, 0.3) is 0 Å². The van der Waals surface area contributed by atoms with Gasteiger partial charge >= 0.3 is 5.97 Å². The van der Waals surface area contributed by atoms with Crippen molar-refractivity contribution in [3.05, 3.63) is 52.8 Å². The number of anilines is 3. The van der Waals surface area contributed by atoms with Gasteiger partial charge in [0.1, 0.15) is 11.4 Å². The molecule has 0 aliphatic rings. The number of aryl methyl sites for hydroxylation is 2. The predicted molar refractivity (Wildman–Crippen MR) is 77.0 cm³/mol. The maximum absolute atomic E-state index is 13.4. The van der Waals surface area contributed by atoms with Gasteiger partial charge in [0.15, 0.2) is 0 Å². The molecule has 5 heteroatoms. The largest absolute Gasteiger partial charge is 0.478 e. The fraction of sp³-hybridized carbons (Fsp3) is 0.133. The summed E-state index contributed by atoms with van der Waals surface area (Å²) in [6, 6.07) is 8.23. The molecule has 0 fully saturated rings. The number of nitrogens with two attached hydrogens (primary N) is 1. The van der Waals surface area contributed by atoms with E-state index in [0.29, 0.717) is 0 Å². The maximum Gasteiger partial charge on any atom is 0.340 e. The van der Waals surface area contributed by atoms with Crippen molar-refractivity contribution in [1.29, 1.82) is 0 Å². The standard InChI is InChI=1S/C15H15FN2O2/c1-8-3-5-11(9(2)7-8)18-12-6-4-10(16)14(17)13(12)15(19)20/h3-7,18H,17H2,1-2H3,(H,19,20). The Kier molecular flexibility index (Phi) is 3.61. The number of halogens is 1. The van der Waals surface area contributed by atoms with E-state index >= 15 is 0 Å². The fourth-order valence-electron chi connectivity index (χ4n) is 2.03. The van der Waals surface area contributed by atoms with E-state index in [0.717, 1.165) is 22.9 Å². The molecule has 0 unspecified atom stereocenters. The van der Waals surface area contributed by atoms with Crippen LogP contribution >= 0.6 is 0 Å². The number of hydrogen-bond donors (Lipinski definition) is 3. The van der Waals surface area contributed by atoms with Crippen LogP contribution in [0.1, 0.15) is 21.5 Å². The van der Waals surface area contributed by atoms with Crippen molar-refractivity contribution in [3.63, 3.8) is 0 Å². The van der Waals surface area contributed by atoms with Gasteiger partial charge < -0.3 is 16.2 Å². The summed E-state index contributed by atoms with van der Waals surface area (Å²) < 4.78 is 13.4. The first kappa shape index (κ1) is 13.9. The van der Waals surface area contributed by atoms with Crippen molar-refractivity contribution in [1.82, 2.24) is 0 Å². The lowest BCUT2D eigenvalue weighted by Gasteiger charge is -2.14. The monoisotopic (exact) mass is 274 g/mol. The molecule has 4 nitrogen and oxygen atoms in total. The molecule has 104 valence electrons. The molecule has 2 aromatic carbocycles. The first-order valence-corrected chi connectivity index (χ1v) is 6.05. The first-order chi connectivity index (χ1) is 9.40. The highest BCUT2D eigenvalue weighted by Gasteiger charge is 2.17. The van der Waals surface area contributed by atoms with Crippen molar-refractivity contribution in [3.8, 4) is 0 Å². The molecular weight excluding hydrogens is 259 g/mol. The molecule has 0 radical (unpaired) electrons. The lowest BCUT2D eigenvalue weighted by atomic mass is 10.1. The molecule has 0 atom stereocenters. The van der Waals surface area contributed by atoms with Crippen LogP contribution in [0.2, 0.25) is 0 Å². The van der Waals surface area contributed by atoms with Gasteiger partial charge in [-0.1, -0.05) is 17.7 Å². The summed E-state index contributed by atoms with van der Waals surface area (Å²) in [5.74, 6) is -2.01. The first-order valence-electron chi connectivity index (χ1n) is 6.05. The Morgan fingerprint density at radius 3 is 2.45 bits per heavy atom. The summed E-state index contributed by atoms with van der Waals surface area (Å²) in [6.07, 6.45) is 0. The summed E-state index contributed by atoms with van der Waals surface area (Å²) in [7, 11) is 0. The molecule has 0 heterocycles. The third-order valence-corrected chi connectivity index (χ3v) is 3.06. The smallest absolute Gasteiger partial charge is 0.340 e. The van der Waals surface area contributed by atoms with Crippen LogP contribution in [0.5, 0.6) is 0 Å². The summed E-state index contributed by atoms with van der Waals surface area (Å²) in [6.45, 7) is 3.87. The van der Waals surface area contributed by atoms with Crippen LogP contribution in [-0.4, -0.2) is 11.1 Å². The van der Waals surface area contributed by atoms with Crippen molar-refractivity contribution >= 4 is 23.0 Å². The average Bonchev–Trinajstić information content (AvgIpc) is 2.36. The predicted octanol–water partition coefficient (Wildman–Crippen LogP) is 3.47. The van der Waals surface area contributed by atoms with E-state index in [-0.39, 0.29) is 16.9 Å². The Bertz CT molecular complexity index is 684. The average molecular weight is 274 g/mol. The topological polar surface area (TPSA) is 75.3 Å².